The molecule has 0 saturated carbocycles. The number of hydrogen-bond acceptors (Lipinski definition) is 2. The van der Waals surface area contributed by atoms with Gasteiger partial charge >= 0.3 is 5.97 Å². The Morgan fingerprint density at radius 2 is 2.29 bits per heavy atom. The maximum Gasteiger partial charge on any atom is 0.340 e. The Bertz CT molecular complexity index is 339. The number of rotatable bonds is 3. The lowest BCUT2D eigenvalue weighted by Gasteiger charge is -2.03. The van der Waals surface area contributed by atoms with E-state index < -0.39 is 11.8 Å². The van der Waals surface area contributed by atoms with Crippen LogP contribution in [0.25, 0.3) is 0 Å². The van der Waals surface area contributed by atoms with Gasteiger partial charge in [0.05, 0.1) is 12.7 Å². The van der Waals surface area contributed by atoms with Gasteiger partial charge in [0.2, 0.25) is 0 Å². The van der Waals surface area contributed by atoms with Gasteiger partial charge in [-0.15, -0.1) is 0 Å². The van der Waals surface area contributed by atoms with Gasteiger partial charge < -0.3 is 4.74 Å². The largest absolute Gasteiger partial charge is 0.465 e. The van der Waals surface area contributed by atoms with Crippen LogP contribution in [0.15, 0.2) is 18.2 Å². The lowest BCUT2D eigenvalue weighted by molar-refractivity contribution is 0.0595. The highest BCUT2D eigenvalue weighted by Gasteiger charge is 2.11. The molecule has 0 aromatic heterocycles. The summed E-state index contributed by atoms with van der Waals surface area (Å²) in [5.74, 6) is -1.18. The van der Waals surface area contributed by atoms with Gasteiger partial charge in [-0.2, -0.15) is 0 Å². The Morgan fingerprint density at radius 1 is 1.57 bits per heavy atom. The molecule has 2 nitrogen and oxygen atoms in total. The molecule has 1 rings (SSSR count). The fourth-order valence-electron chi connectivity index (χ4n) is 1.20. The quantitative estimate of drug-likeness (QED) is 0.540. The fourth-order valence-corrected chi connectivity index (χ4v) is 1.20. The van der Waals surface area contributed by atoms with Crippen molar-refractivity contribution < 1.29 is 13.9 Å². The fraction of sp³-hybridized carbons (Fsp3) is 0.300. The maximum atomic E-state index is 13.1. The molecule has 14 heavy (non-hydrogen) atoms. The van der Waals surface area contributed by atoms with Crippen LogP contribution in [0.5, 0.6) is 0 Å². The number of esters is 1. The van der Waals surface area contributed by atoms with Crippen LogP contribution in [0.3, 0.4) is 0 Å². The molecule has 0 aliphatic carbocycles. The van der Waals surface area contributed by atoms with E-state index >= 15 is 0 Å². The van der Waals surface area contributed by atoms with Crippen LogP contribution in [0, 0.1) is 5.82 Å². The summed E-state index contributed by atoms with van der Waals surface area (Å²) in [7, 11) is 3.18. The molecule has 1 radical (unpaired) electrons. The molecule has 0 amide bonds. The van der Waals surface area contributed by atoms with Gasteiger partial charge in [0.1, 0.15) is 13.1 Å². The minimum Gasteiger partial charge on any atom is -0.465 e. The van der Waals surface area contributed by atoms with E-state index in [0.717, 1.165) is 5.56 Å². The normalized spacial score (nSPS) is 9.64. The topological polar surface area (TPSA) is 26.3 Å². The zero-order valence-electron chi connectivity index (χ0n) is 8.21. The summed E-state index contributed by atoms with van der Waals surface area (Å²) < 4.78 is 17.6. The molecule has 0 atom stereocenters. The summed E-state index contributed by atoms with van der Waals surface area (Å²) in [5.41, 5.74) is 0.890. The molecule has 4 heteroatoms. The molecule has 0 fully saturated rings. The van der Waals surface area contributed by atoms with Crippen LogP contribution >= 0.6 is 0 Å². The standard InChI is InChI=1S/C10H11BFO2/c1-11-6-7-3-4-9(12)8(5-7)10(13)14-2/h3-5H,6H2,1-2H3. The van der Waals surface area contributed by atoms with E-state index in [1.807, 2.05) is 14.1 Å². The Labute approximate surface area is 83.3 Å². The Balaban J connectivity index is 3.01. The van der Waals surface area contributed by atoms with Crippen LogP contribution in [0.2, 0.25) is 6.82 Å². The van der Waals surface area contributed by atoms with Gasteiger partial charge in [-0.05, 0) is 12.1 Å². The Morgan fingerprint density at radius 3 is 2.86 bits per heavy atom. The smallest absolute Gasteiger partial charge is 0.340 e. The summed E-state index contributed by atoms with van der Waals surface area (Å²) in [5, 5.41) is 0. The molecule has 0 unspecified atom stereocenters. The number of carbonyl (C=O) groups excluding carboxylic acids is 1. The van der Waals surface area contributed by atoms with Crippen molar-refractivity contribution in [1.29, 1.82) is 0 Å². The minimum atomic E-state index is -0.638. The number of ether oxygens (including phenoxy) is 1. The van der Waals surface area contributed by atoms with Crippen molar-refractivity contribution in [3.8, 4) is 0 Å². The van der Waals surface area contributed by atoms with Crippen LogP contribution < -0.4 is 0 Å². The first-order valence-electron chi connectivity index (χ1n) is 4.33. The molecule has 1 aromatic rings. The van der Waals surface area contributed by atoms with Crippen molar-refractivity contribution in [3.05, 3.63) is 35.1 Å². The van der Waals surface area contributed by atoms with Gasteiger partial charge in [-0.1, -0.05) is 24.8 Å². The van der Waals surface area contributed by atoms with E-state index in [4.69, 9.17) is 0 Å². The second-order valence-electron chi connectivity index (χ2n) is 2.92. The molecule has 73 valence electrons. The highest BCUT2D eigenvalue weighted by Crippen LogP contribution is 2.12. The average Bonchev–Trinajstić information content (AvgIpc) is 2.20. The third-order valence-corrected chi connectivity index (χ3v) is 1.88. The second kappa shape index (κ2) is 4.79. The van der Waals surface area contributed by atoms with Crippen molar-refractivity contribution >= 4 is 13.2 Å². The number of methoxy groups -OCH3 is 1. The van der Waals surface area contributed by atoms with Gasteiger partial charge in [-0.3, -0.25) is 0 Å². The summed E-state index contributed by atoms with van der Waals surface area (Å²) in [6, 6.07) is 4.45. The van der Waals surface area contributed by atoms with E-state index in [0.29, 0.717) is 6.32 Å². The first-order chi connectivity index (χ1) is 6.69. The monoisotopic (exact) mass is 193 g/mol. The van der Waals surface area contributed by atoms with Gasteiger partial charge in [-0.25, -0.2) is 9.18 Å². The van der Waals surface area contributed by atoms with Gasteiger partial charge in [0.25, 0.3) is 0 Å². The average molecular weight is 193 g/mol. The van der Waals surface area contributed by atoms with Crippen LogP contribution in [0.1, 0.15) is 15.9 Å². The molecule has 0 aliphatic rings. The molecule has 0 bridgehead atoms. The number of hydrogen-bond donors (Lipinski definition) is 0. The molecule has 0 aliphatic heterocycles. The third-order valence-electron chi connectivity index (χ3n) is 1.88. The molecule has 0 heterocycles. The maximum absolute atomic E-state index is 13.1. The van der Waals surface area contributed by atoms with Crippen molar-refractivity contribution in [2.75, 3.05) is 7.11 Å². The number of carbonyl (C=O) groups is 1. The molecular weight excluding hydrogens is 182 g/mol. The van der Waals surface area contributed by atoms with E-state index in [-0.39, 0.29) is 5.56 Å². The lowest BCUT2D eigenvalue weighted by Crippen LogP contribution is -2.05. The van der Waals surface area contributed by atoms with E-state index in [1.54, 1.807) is 6.07 Å². The zero-order valence-corrected chi connectivity index (χ0v) is 8.21. The predicted octanol–water partition coefficient (Wildman–Crippen LogP) is 1.86. The first kappa shape index (κ1) is 10.8. The van der Waals surface area contributed by atoms with Crippen LogP contribution in [0.4, 0.5) is 4.39 Å². The van der Waals surface area contributed by atoms with Gasteiger partial charge in [0, 0.05) is 0 Å². The Kier molecular flexibility index (Phi) is 3.68. The van der Waals surface area contributed by atoms with Crippen LogP contribution in [-0.4, -0.2) is 20.4 Å². The lowest BCUT2D eigenvalue weighted by atomic mass is 9.75. The molecule has 0 spiro atoms. The van der Waals surface area contributed by atoms with Crippen molar-refractivity contribution in [3.63, 3.8) is 0 Å². The molecule has 1 aromatic carbocycles. The highest BCUT2D eigenvalue weighted by atomic mass is 19.1. The molecular formula is C10H11BFO2. The van der Waals surface area contributed by atoms with E-state index in [1.165, 1.54) is 19.2 Å². The van der Waals surface area contributed by atoms with E-state index in [9.17, 15) is 9.18 Å². The molecule has 0 saturated heterocycles. The van der Waals surface area contributed by atoms with Crippen LogP contribution in [-0.2, 0) is 11.1 Å². The second-order valence-corrected chi connectivity index (χ2v) is 2.92. The summed E-state index contributed by atoms with van der Waals surface area (Å²) >= 11 is 0. The van der Waals surface area contributed by atoms with E-state index in [2.05, 4.69) is 4.74 Å². The summed E-state index contributed by atoms with van der Waals surface area (Å²) in [6.45, 7) is 1.90. The first-order valence-corrected chi connectivity index (χ1v) is 4.33. The third kappa shape index (κ3) is 2.34. The van der Waals surface area contributed by atoms with Gasteiger partial charge in [0.15, 0.2) is 0 Å². The SMILES string of the molecule is C[B]Cc1ccc(F)c(C(=O)OC)c1. The Hall–Kier alpha value is -1.32. The van der Waals surface area contributed by atoms with Crippen molar-refractivity contribution in [1.82, 2.24) is 0 Å². The summed E-state index contributed by atoms with van der Waals surface area (Å²) in [4.78, 5) is 11.1. The summed E-state index contributed by atoms with van der Waals surface area (Å²) in [6.07, 6.45) is 0.713. The minimum absolute atomic E-state index is 0.00755. The van der Waals surface area contributed by atoms with Crippen molar-refractivity contribution in [2.45, 2.75) is 13.1 Å². The number of benzene rings is 1. The molecule has 0 N–H and O–H groups in total. The number of halogens is 1. The zero-order chi connectivity index (χ0) is 10.6. The predicted molar refractivity (Wildman–Crippen MR) is 53.1 cm³/mol. The van der Waals surface area contributed by atoms with Crippen molar-refractivity contribution in [2.24, 2.45) is 0 Å². The highest BCUT2D eigenvalue weighted by molar-refractivity contribution is 6.32.